The van der Waals surface area contributed by atoms with Crippen LogP contribution in [0.3, 0.4) is 0 Å². The van der Waals surface area contributed by atoms with E-state index >= 15 is 0 Å². The third kappa shape index (κ3) is 5.23. The van der Waals surface area contributed by atoms with Crippen LogP contribution in [0.4, 0.5) is 24.7 Å². The fourth-order valence-electron chi connectivity index (χ4n) is 3.73. The molecule has 0 bridgehead atoms. The van der Waals surface area contributed by atoms with E-state index in [0.29, 0.717) is 5.02 Å². The van der Waals surface area contributed by atoms with Crippen LogP contribution in [-0.4, -0.2) is 28.4 Å². The molecule has 0 fully saturated rings. The summed E-state index contributed by atoms with van der Waals surface area (Å²) in [5.41, 5.74) is 5.37. The van der Waals surface area contributed by atoms with Gasteiger partial charge in [-0.05, 0) is 29.8 Å². The molecular formula is C22H21ClF3N5O4. The van der Waals surface area contributed by atoms with E-state index in [1.165, 1.54) is 23.7 Å². The Bertz CT molecular complexity index is 1340. The van der Waals surface area contributed by atoms with E-state index in [0.717, 1.165) is 22.3 Å². The molecule has 4 rings (SSSR count). The summed E-state index contributed by atoms with van der Waals surface area (Å²) < 4.78 is 50.1. The van der Waals surface area contributed by atoms with Crippen molar-refractivity contribution in [2.45, 2.75) is 25.8 Å². The van der Waals surface area contributed by atoms with Crippen LogP contribution in [0.2, 0.25) is 5.02 Å². The number of nitrogens with one attached hydrogen (secondary N) is 1. The Kier molecular flexibility index (Phi) is 6.68. The van der Waals surface area contributed by atoms with Gasteiger partial charge in [-0.25, -0.2) is 4.79 Å². The van der Waals surface area contributed by atoms with Crippen LogP contribution in [0.25, 0.3) is 0 Å². The summed E-state index contributed by atoms with van der Waals surface area (Å²) in [5.74, 6) is -0.215. The van der Waals surface area contributed by atoms with Crippen molar-refractivity contribution >= 4 is 23.1 Å². The minimum absolute atomic E-state index is 0.00984. The number of hydrogen-bond acceptors (Lipinski definition) is 7. The van der Waals surface area contributed by atoms with Crippen molar-refractivity contribution in [3.05, 3.63) is 80.0 Å². The van der Waals surface area contributed by atoms with Gasteiger partial charge in [0.25, 0.3) is 11.9 Å². The minimum atomic E-state index is -4.87. The number of aromatic nitrogens is 2. The number of fused-ring (bicyclic) bond motifs is 1. The topological polar surface area (TPSA) is 104 Å². The van der Waals surface area contributed by atoms with E-state index in [9.17, 15) is 22.8 Å². The smallest absolute Gasteiger partial charge is 0.452 e. The summed E-state index contributed by atoms with van der Waals surface area (Å²) in [5, 5.41) is 3.51. The van der Waals surface area contributed by atoms with Gasteiger partial charge in [-0.2, -0.15) is 0 Å². The van der Waals surface area contributed by atoms with E-state index in [2.05, 4.69) is 10.1 Å². The Morgan fingerprint density at radius 2 is 1.80 bits per heavy atom. The van der Waals surface area contributed by atoms with Gasteiger partial charge in [0, 0.05) is 37.8 Å². The van der Waals surface area contributed by atoms with Crippen molar-refractivity contribution in [2.24, 2.45) is 12.8 Å². The number of nitrogens with two attached hydrogens (primary N) is 1. The van der Waals surface area contributed by atoms with Crippen LogP contribution in [0.1, 0.15) is 5.56 Å². The van der Waals surface area contributed by atoms with Crippen LogP contribution in [0, 0.1) is 0 Å². The SMILES string of the molecule is Cn1c2c(c(=O)n(CCN)c1=O)N(Cc1ccc(Cl)cc1)C(Oc1cccc(OC(F)(F)F)c1)N2. The molecule has 1 aliphatic heterocycles. The summed E-state index contributed by atoms with van der Waals surface area (Å²) in [6.45, 7) is 0.247. The number of rotatable bonds is 7. The van der Waals surface area contributed by atoms with E-state index in [-0.39, 0.29) is 36.9 Å². The zero-order valence-corrected chi connectivity index (χ0v) is 19.1. The molecule has 2 heterocycles. The van der Waals surface area contributed by atoms with Crippen molar-refractivity contribution in [2.75, 3.05) is 16.8 Å². The van der Waals surface area contributed by atoms with Gasteiger partial charge in [-0.3, -0.25) is 13.9 Å². The number of halogens is 4. The Morgan fingerprint density at radius 1 is 1.11 bits per heavy atom. The van der Waals surface area contributed by atoms with Crippen LogP contribution >= 0.6 is 11.6 Å². The molecule has 1 unspecified atom stereocenters. The highest BCUT2D eigenvalue weighted by Gasteiger charge is 2.37. The summed E-state index contributed by atoms with van der Waals surface area (Å²) in [6, 6.07) is 11.9. The van der Waals surface area contributed by atoms with Gasteiger partial charge in [-0.1, -0.05) is 29.8 Å². The number of nitrogens with zero attached hydrogens (tertiary/aromatic N) is 3. The highest BCUT2D eigenvalue weighted by atomic mass is 35.5. The molecule has 0 saturated heterocycles. The average molecular weight is 512 g/mol. The van der Waals surface area contributed by atoms with Crippen LogP contribution in [0.5, 0.6) is 11.5 Å². The summed E-state index contributed by atoms with van der Waals surface area (Å²) in [4.78, 5) is 27.6. The van der Waals surface area contributed by atoms with Crippen LogP contribution in [-0.2, 0) is 20.1 Å². The second kappa shape index (κ2) is 9.55. The number of benzene rings is 2. The summed E-state index contributed by atoms with van der Waals surface area (Å²) in [6.07, 6.45) is -5.90. The summed E-state index contributed by atoms with van der Waals surface area (Å²) in [7, 11) is 1.49. The lowest BCUT2D eigenvalue weighted by molar-refractivity contribution is -0.274. The highest BCUT2D eigenvalue weighted by molar-refractivity contribution is 6.30. The lowest BCUT2D eigenvalue weighted by Gasteiger charge is -2.27. The van der Waals surface area contributed by atoms with Crippen LogP contribution < -0.4 is 36.7 Å². The van der Waals surface area contributed by atoms with Gasteiger partial charge < -0.3 is 25.4 Å². The number of hydrogen-bond donors (Lipinski definition) is 2. The molecule has 35 heavy (non-hydrogen) atoms. The van der Waals surface area contributed by atoms with Crippen molar-refractivity contribution in [3.63, 3.8) is 0 Å². The van der Waals surface area contributed by atoms with E-state index in [1.807, 2.05) is 0 Å². The monoisotopic (exact) mass is 511 g/mol. The molecule has 13 heteroatoms. The molecule has 0 aliphatic carbocycles. The van der Waals surface area contributed by atoms with E-state index in [4.69, 9.17) is 22.1 Å². The first-order valence-electron chi connectivity index (χ1n) is 10.4. The van der Waals surface area contributed by atoms with Crippen molar-refractivity contribution in [3.8, 4) is 11.5 Å². The molecule has 186 valence electrons. The molecule has 2 aromatic carbocycles. The Balaban J connectivity index is 1.74. The van der Waals surface area contributed by atoms with Crippen LogP contribution in [0.15, 0.2) is 58.1 Å². The minimum Gasteiger partial charge on any atom is -0.452 e. The number of anilines is 2. The lowest BCUT2D eigenvalue weighted by atomic mass is 10.2. The van der Waals surface area contributed by atoms with Crippen molar-refractivity contribution in [1.82, 2.24) is 9.13 Å². The van der Waals surface area contributed by atoms with Crippen molar-refractivity contribution in [1.29, 1.82) is 0 Å². The molecule has 3 aromatic rings. The third-order valence-electron chi connectivity index (χ3n) is 5.26. The predicted molar refractivity (Wildman–Crippen MR) is 124 cm³/mol. The van der Waals surface area contributed by atoms with Crippen molar-refractivity contribution < 1.29 is 22.6 Å². The molecule has 1 aromatic heterocycles. The second-order valence-corrected chi connectivity index (χ2v) is 8.11. The van der Waals surface area contributed by atoms with Gasteiger partial charge in [0.2, 0.25) is 0 Å². The largest absolute Gasteiger partial charge is 0.573 e. The highest BCUT2D eigenvalue weighted by Crippen LogP contribution is 2.34. The first-order valence-corrected chi connectivity index (χ1v) is 10.8. The number of alkyl halides is 3. The molecular weight excluding hydrogens is 491 g/mol. The maximum Gasteiger partial charge on any atom is 0.573 e. The standard InChI is InChI=1S/C22H21ClF3N5O4/c1-29-18-17(19(32)30(10-9-27)21(29)33)31(12-13-5-7-14(23)8-6-13)20(28-18)34-15-3-2-4-16(11-15)35-22(24,25)26/h2-8,11,20,28H,9-10,12,27H2,1H3. The van der Waals surface area contributed by atoms with E-state index in [1.54, 1.807) is 29.2 Å². The van der Waals surface area contributed by atoms with E-state index < -0.39 is 29.7 Å². The van der Waals surface area contributed by atoms with Gasteiger partial charge in [-0.15, -0.1) is 13.2 Å². The fraction of sp³-hybridized carbons (Fsp3) is 0.273. The molecule has 9 nitrogen and oxygen atoms in total. The lowest BCUT2D eigenvalue weighted by Crippen LogP contribution is -2.44. The zero-order valence-electron chi connectivity index (χ0n) is 18.4. The summed E-state index contributed by atoms with van der Waals surface area (Å²) >= 11 is 5.98. The first-order chi connectivity index (χ1) is 16.6. The molecule has 1 aliphatic rings. The Labute approximate surface area is 202 Å². The molecule has 0 spiro atoms. The van der Waals surface area contributed by atoms with Gasteiger partial charge in [0.05, 0.1) is 0 Å². The fourth-order valence-corrected chi connectivity index (χ4v) is 3.86. The Hall–Kier alpha value is -3.64. The zero-order chi connectivity index (χ0) is 25.3. The molecule has 1 atom stereocenters. The molecule has 3 N–H and O–H groups in total. The average Bonchev–Trinajstić information content (AvgIpc) is 3.14. The maximum absolute atomic E-state index is 13.3. The maximum atomic E-state index is 13.3. The molecule has 0 radical (unpaired) electrons. The molecule has 0 amide bonds. The Morgan fingerprint density at radius 3 is 2.46 bits per heavy atom. The van der Waals surface area contributed by atoms with Gasteiger partial charge in [0.1, 0.15) is 23.0 Å². The second-order valence-electron chi connectivity index (χ2n) is 7.68. The first kappa shape index (κ1) is 24.5. The predicted octanol–water partition coefficient (Wildman–Crippen LogP) is 2.85. The van der Waals surface area contributed by atoms with Gasteiger partial charge in [0.15, 0.2) is 0 Å². The third-order valence-corrected chi connectivity index (χ3v) is 5.51. The quantitative estimate of drug-likeness (QED) is 0.503. The van der Waals surface area contributed by atoms with Gasteiger partial charge >= 0.3 is 12.1 Å². The molecule has 0 saturated carbocycles. The normalized spacial score (nSPS) is 15.0. The number of ether oxygens (including phenoxy) is 2.